The van der Waals surface area contributed by atoms with Gasteiger partial charge in [-0.2, -0.15) is 0 Å². The van der Waals surface area contributed by atoms with E-state index in [0.717, 1.165) is 22.9 Å². The Morgan fingerprint density at radius 1 is 1.30 bits per heavy atom. The summed E-state index contributed by atoms with van der Waals surface area (Å²) in [7, 11) is 0. The minimum atomic E-state index is 0.0936. The number of nitrogens with zero attached hydrogens (tertiary/aromatic N) is 1. The number of hydrogen-bond donors (Lipinski definition) is 1. The molecule has 4 heteroatoms. The number of ether oxygens (including phenoxy) is 1. The highest BCUT2D eigenvalue weighted by atomic mass is 32.1. The molecule has 0 aliphatic rings. The maximum atomic E-state index is 5.99. The van der Waals surface area contributed by atoms with Gasteiger partial charge in [0.2, 0.25) is 0 Å². The van der Waals surface area contributed by atoms with Crippen molar-refractivity contribution in [3.63, 3.8) is 0 Å². The second-order valence-corrected chi connectivity index (χ2v) is 6.86. The van der Waals surface area contributed by atoms with Gasteiger partial charge < -0.3 is 10.1 Å². The molecule has 0 bridgehead atoms. The molecule has 1 heterocycles. The Bertz CT molecular complexity index is 544. The van der Waals surface area contributed by atoms with Crippen LogP contribution in [0.15, 0.2) is 29.8 Å². The van der Waals surface area contributed by atoms with Crippen LogP contribution in [0.5, 0.6) is 5.75 Å². The van der Waals surface area contributed by atoms with E-state index in [0.29, 0.717) is 6.61 Å². The molecule has 0 spiro atoms. The molecule has 1 aromatic heterocycles. The molecule has 0 aliphatic carbocycles. The van der Waals surface area contributed by atoms with Crippen LogP contribution in [0.4, 0.5) is 0 Å². The summed E-state index contributed by atoms with van der Waals surface area (Å²) in [5.74, 6) is 0.972. The molecule has 1 N–H and O–H groups in total. The SMILES string of the molecule is Cc1cccc(CNC(C)(C)C)c1OCc1nccs1. The predicted octanol–water partition coefficient (Wildman–Crippen LogP) is 3.92. The molecule has 0 unspecified atom stereocenters. The van der Waals surface area contributed by atoms with Crippen molar-refractivity contribution in [3.8, 4) is 5.75 Å². The van der Waals surface area contributed by atoms with Crippen LogP contribution < -0.4 is 10.1 Å². The summed E-state index contributed by atoms with van der Waals surface area (Å²) in [6.45, 7) is 9.91. The van der Waals surface area contributed by atoms with Crippen LogP contribution in [0.2, 0.25) is 0 Å². The smallest absolute Gasteiger partial charge is 0.140 e. The Kier molecular flexibility index (Phi) is 4.78. The first-order valence-corrected chi connectivity index (χ1v) is 7.68. The van der Waals surface area contributed by atoms with E-state index in [1.165, 1.54) is 5.56 Å². The van der Waals surface area contributed by atoms with Crippen molar-refractivity contribution in [1.82, 2.24) is 10.3 Å². The molecule has 2 aromatic rings. The number of thiazole rings is 1. The maximum Gasteiger partial charge on any atom is 0.140 e. The molecule has 20 heavy (non-hydrogen) atoms. The summed E-state index contributed by atoms with van der Waals surface area (Å²) in [5.41, 5.74) is 2.45. The summed E-state index contributed by atoms with van der Waals surface area (Å²) in [6, 6.07) is 6.27. The Balaban J connectivity index is 2.09. The molecule has 0 atom stereocenters. The van der Waals surface area contributed by atoms with Gasteiger partial charge in [0.15, 0.2) is 0 Å². The predicted molar refractivity (Wildman–Crippen MR) is 84.2 cm³/mol. The highest BCUT2D eigenvalue weighted by Crippen LogP contribution is 2.25. The van der Waals surface area contributed by atoms with Crippen molar-refractivity contribution in [2.24, 2.45) is 0 Å². The third kappa shape index (κ3) is 4.32. The average molecular weight is 290 g/mol. The van der Waals surface area contributed by atoms with E-state index in [4.69, 9.17) is 4.74 Å². The lowest BCUT2D eigenvalue weighted by molar-refractivity contribution is 0.297. The van der Waals surface area contributed by atoms with Crippen LogP contribution in [0.25, 0.3) is 0 Å². The first-order valence-electron chi connectivity index (χ1n) is 6.80. The molecule has 0 saturated heterocycles. The minimum Gasteiger partial charge on any atom is -0.486 e. The van der Waals surface area contributed by atoms with Crippen LogP contribution in [-0.2, 0) is 13.2 Å². The molecule has 1 aromatic carbocycles. The van der Waals surface area contributed by atoms with Gasteiger partial charge in [0, 0.05) is 29.2 Å². The van der Waals surface area contributed by atoms with Crippen LogP contribution in [0, 0.1) is 6.92 Å². The third-order valence-electron chi connectivity index (χ3n) is 2.93. The van der Waals surface area contributed by atoms with Gasteiger partial charge in [-0.1, -0.05) is 18.2 Å². The highest BCUT2D eigenvalue weighted by Gasteiger charge is 2.12. The van der Waals surface area contributed by atoms with Crippen LogP contribution in [0.3, 0.4) is 0 Å². The van der Waals surface area contributed by atoms with Gasteiger partial charge in [0.25, 0.3) is 0 Å². The van der Waals surface area contributed by atoms with Gasteiger partial charge in [-0.15, -0.1) is 11.3 Å². The van der Waals surface area contributed by atoms with Crippen molar-refractivity contribution in [3.05, 3.63) is 45.9 Å². The van der Waals surface area contributed by atoms with E-state index in [1.807, 2.05) is 11.6 Å². The van der Waals surface area contributed by atoms with E-state index in [1.54, 1.807) is 11.3 Å². The summed E-state index contributed by atoms with van der Waals surface area (Å²) in [5, 5.41) is 6.48. The lowest BCUT2D eigenvalue weighted by Crippen LogP contribution is -2.35. The van der Waals surface area contributed by atoms with E-state index in [-0.39, 0.29) is 5.54 Å². The normalized spacial score (nSPS) is 11.6. The number of nitrogens with one attached hydrogen (secondary N) is 1. The highest BCUT2D eigenvalue weighted by molar-refractivity contribution is 7.09. The zero-order valence-corrected chi connectivity index (χ0v) is 13.4. The Morgan fingerprint density at radius 2 is 2.10 bits per heavy atom. The largest absolute Gasteiger partial charge is 0.486 e. The lowest BCUT2D eigenvalue weighted by atomic mass is 10.1. The maximum absolute atomic E-state index is 5.99. The number of para-hydroxylation sites is 1. The van der Waals surface area contributed by atoms with Crippen molar-refractivity contribution < 1.29 is 4.74 Å². The fourth-order valence-corrected chi connectivity index (χ4v) is 2.41. The molecule has 2 rings (SSSR count). The van der Waals surface area contributed by atoms with E-state index >= 15 is 0 Å². The first kappa shape index (κ1) is 15.0. The Morgan fingerprint density at radius 3 is 2.75 bits per heavy atom. The number of aryl methyl sites for hydroxylation is 1. The van der Waals surface area contributed by atoms with Gasteiger partial charge in [-0.25, -0.2) is 4.98 Å². The zero-order chi connectivity index (χ0) is 14.6. The molecule has 3 nitrogen and oxygen atoms in total. The Hall–Kier alpha value is -1.39. The number of aromatic nitrogens is 1. The molecule has 108 valence electrons. The average Bonchev–Trinajstić information content (AvgIpc) is 2.87. The van der Waals surface area contributed by atoms with Crippen LogP contribution in [-0.4, -0.2) is 10.5 Å². The summed E-state index contributed by atoms with van der Waals surface area (Å²) < 4.78 is 5.99. The quantitative estimate of drug-likeness (QED) is 0.906. The number of benzene rings is 1. The van der Waals surface area contributed by atoms with Gasteiger partial charge in [0.05, 0.1) is 0 Å². The third-order valence-corrected chi connectivity index (χ3v) is 3.68. The van der Waals surface area contributed by atoms with E-state index < -0.39 is 0 Å². The fourth-order valence-electron chi connectivity index (χ4n) is 1.88. The first-order chi connectivity index (χ1) is 9.46. The van der Waals surface area contributed by atoms with Gasteiger partial charge in [0.1, 0.15) is 17.4 Å². The second-order valence-electron chi connectivity index (χ2n) is 5.88. The molecule has 0 aliphatic heterocycles. The summed E-state index contributed by atoms with van der Waals surface area (Å²) in [6.07, 6.45) is 1.81. The molecule has 0 radical (unpaired) electrons. The molecule has 0 saturated carbocycles. The molecule has 0 amide bonds. The van der Waals surface area contributed by atoms with Crippen LogP contribution in [0.1, 0.15) is 36.9 Å². The molecular weight excluding hydrogens is 268 g/mol. The van der Waals surface area contributed by atoms with Crippen molar-refractivity contribution in [1.29, 1.82) is 0 Å². The Labute approximate surface area is 125 Å². The van der Waals surface area contributed by atoms with Gasteiger partial charge in [-0.3, -0.25) is 0 Å². The lowest BCUT2D eigenvalue weighted by Gasteiger charge is -2.22. The number of hydrogen-bond acceptors (Lipinski definition) is 4. The minimum absolute atomic E-state index is 0.0936. The summed E-state index contributed by atoms with van der Waals surface area (Å²) in [4.78, 5) is 4.25. The van der Waals surface area contributed by atoms with Crippen molar-refractivity contribution >= 4 is 11.3 Å². The topological polar surface area (TPSA) is 34.1 Å². The van der Waals surface area contributed by atoms with E-state index in [2.05, 4.69) is 56.2 Å². The summed E-state index contributed by atoms with van der Waals surface area (Å²) >= 11 is 1.62. The standard InChI is InChI=1S/C16H22N2OS/c1-12-6-5-7-13(10-18-16(2,3)4)15(12)19-11-14-17-8-9-20-14/h5-9,18H,10-11H2,1-4H3. The molecule has 0 fully saturated rings. The number of rotatable bonds is 5. The van der Waals surface area contributed by atoms with Gasteiger partial charge in [-0.05, 0) is 33.3 Å². The van der Waals surface area contributed by atoms with Crippen molar-refractivity contribution in [2.75, 3.05) is 0 Å². The second kappa shape index (κ2) is 6.37. The van der Waals surface area contributed by atoms with Crippen LogP contribution >= 0.6 is 11.3 Å². The molecular formula is C16H22N2OS. The van der Waals surface area contributed by atoms with E-state index in [9.17, 15) is 0 Å². The fraction of sp³-hybridized carbons (Fsp3) is 0.438. The zero-order valence-electron chi connectivity index (χ0n) is 12.6. The van der Waals surface area contributed by atoms with Crippen molar-refractivity contribution in [2.45, 2.75) is 46.4 Å². The van der Waals surface area contributed by atoms with Gasteiger partial charge >= 0.3 is 0 Å². The monoisotopic (exact) mass is 290 g/mol.